The quantitative estimate of drug-likeness (QED) is 0.647. The molecule has 2 aliphatic carbocycles. The lowest BCUT2D eigenvalue weighted by molar-refractivity contribution is -0.140. The Hall–Kier alpha value is -0.570. The number of carbonyl (C=O) groups is 1. The molecule has 2 rings (SSSR count). The molecule has 12 heavy (non-hydrogen) atoms. The number of carboxylic acids is 1. The summed E-state index contributed by atoms with van der Waals surface area (Å²) in [6.45, 7) is 0. The van der Waals surface area contributed by atoms with Gasteiger partial charge in [-0.3, -0.25) is 4.79 Å². The third-order valence-electron chi connectivity index (χ3n) is 3.59. The molecule has 0 heterocycles. The van der Waals surface area contributed by atoms with Crippen LogP contribution < -0.4 is 5.73 Å². The fourth-order valence-electron chi connectivity index (χ4n) is 2.68. The first-order valence-corrected chi connectivity index (χ1v) is 4.64. The highest BCUT2D eigenvalue weighted by Gasteiger charge is 2.54. The Morgan fingerprint density at radius 2 is 2.17 bits per heavy atom. The SMILES string of the molecule is NC(C(=O)O)C1CCCC12CC2. The zero-order valence-corrected chi connectivity index (χ0v) is 7.12. The van der Waals surface area contributed by atoms with E-state index in [0.29, 0.717) is 5.41 Å². The van der Waals surface area contributed by atoms with Crippen LogP contribution in [0.25, 0.3) is 0 Å². The van der Waals surface area contributed by atoms with Gasteiger partial charge in [0.1, 0.15) is 6.04 Å². The monoisotopic (exact) mass is 169 g/mol. The van der Waals surface area contributed by atoms with Crippen LogP contribution in [-0.4, -0.2) is 17.1 Å². The first-order chi connectivity index (χ1) is 5.66. The second-order valence-electron chi connectivity index (χ2n) is 4.23. The maximum atomic E-state index is 10.7. The molecule has 2 aliphatic rings. The van der Waals surface area contributed by atoms with Crippen LogP contribution in [0, 0.1) is 11.3 Å². The molecule has 2 saturated carbocycles. The molecule has 0 saturated heterocycles. The lowest BCUT2D eigenvalue weighted by Crippen LogP contribution is -2.40. The average molecular weight is 169 g/mol. The first kappa shape index (κ1) is 8.05. The standard InChI is InChI=1S/C9H15NO2/c10-7(8(11)12)6-2-1-3-9(6)4-5-9/h6-7H,1-5,10H2,(H,11,12). The molecule has 0 aromatic rings. The van der Waals surface area contributed by atoms with E-state index in [-0.39, 0.29) is 5.92 Å². The largest absolute Gasteiger partial charge is 0.480 e. The zero-order chi connectivity index (χ0) is 8.77. The zero-order valence-electron chi connectivity index (χ0n) is 7.12. The molecule has 0 amide bonds. The topological polar surface area (TPSA) is 63.3 Å². The molecule has 1 spiro atoms. The van der Waals surface area contributed by atoms with Crippen molar-refractivity contribution in [1.82, 2.24) is 0 Å². The van der Waals surface area contributed by atoms with Crippen molar-refractivity contribution in [3.8, 4) is 0 Å². The van der Waals surface area contributed by atoms with Gasteiger partial charge in [0.05, 0.1) is 0 Å². The van der Waals surface area contributed by atoms with Gasteiger partial charge in [-0.15, -0.1) is 0 Å². The Morgan fingerprint density at radius 3 is 2.67 bits per heavy atom. The van der Waals surface area contributed by atoms with Crippen molar-refractivity contribution in [2.45, 2.75) is 38.1 Å². The number of aliphatic carboxylic acids is 1. The number of rotatable bonds is 2. The summed E-state index contributed by atoms with van der Waals surface area (Å²) in [5, 5.41) is 8.78. The van der Waals surface area contributed by atoms with Gasteiger partial charge in [-0.2, -0.15) is 0 Å². The minimum absolute atomic E-state index is 0.259. The van der Waals surface area contributed by atoms with Crippen LogP contribution in [-0.2, 0) is 4.79 Å². The highest BCUT2D eigenvalue weighted by Crippen LogP contribution is 2.61. The molecule has 0 bridgehead atoms. The number of hydrogen-bond acceptors (Lipinski definition) is 2. The van der Waals surface area contributed by atoms with Crippen molar-refractivity contribution >= 4 is 5.97 Å². The van der Waals surface area contributed by atoms with Gasteiger partial charge in [-0.1, -0.05) is 6.42 Å². The highest BCUT2D eigenvalue weighted by atomic mass is 16.4. The van der Waals surface area contributed by atoms with Crippen LogP contribution in [0.5, 0.6) is 0 Å². The molecule has 0 radical (unpaired) electrons. The second-order valence-corrected chi connectivity index (χ2v) is 4.23. The van der Waals surface area contributed by atoms with E-state index in [0.717, 1.165) is 6.42 Å². The minimum Gasteiger partial charge on any atom is -0.480 e. The summed E-state index contributed by atoms with van der Waals surface area (Å²) in [5.41, 5.74) is 6.00. The van der Waals surface area contributed by atoms with Crippen LogP contribution >= 0.6 is 0 Å². The lowest BCUT2D eigenvalue weighted by atomic mass is 9.87. The Kier molecular flexibility index (Phi) is 1.65. The van der Waals surface area contributed by atoms with E-state index in [4.69, 9.17) is 10.8 Å². The Morgan fingerprint density at radius 1 is 1.50 bits per heavy atom. The van der Waals surface area contributed by atoms with E-state index >= 15 is 0 Å². The normalized spacial score (nSPS) is 33.6. The molecule has 0 aliphatic heterocycles. The fraction of sp³-hybridized carbons (Fsp3) is 0.889. The Labute approximate surface area is 71.9 Å². The first-order valence-electron chi connectivity index (χ1n) is 4.64. The Bertz CT molecular complexity index is 211. The molecule has 2 fully saturated rings. The Balaban J connectivity index is 2.08. The van der Waals surface area contributed by atoms with Crippen molar-refractivity contribution in [2.24, 2.45) is 17.1 Å². The van der Waals surface area contributed by atoms with Crippen molar-refractivity contribution in [3.05, 3.63) is 0 Å². The molecule has 2 unspecified atom stereocenters. The van der Waals surface area contributed by atoms with E-state index < -0.39 is 12.0 Å². The molecule has 3 N–H and O–H groups in total. The maximum absolute atomic E-state index is 10.7. The fourth-order valence-corrected chi connectivity index (χ4v) is 2.68. The highest BCUT2D eigenvalue weighted by molar-refractivity contribution is 5.73. The van der Waals surface area contributed by atoms with Gasteiger partial charge in [0.2, 0.25) is 0 Å². The molecule has 0 aromatic carbocycles. The van der Waals surface area contributed by atoms with Gasteiger partial charge in [0.25, 0.3) is 0 Å². The summed E-state index contributed by atoms with van der Waals surface area (Å²) in [6.07, 6.45) is 5.81. The third kappa shape index (κ3) is 1.04. The van der Waals surface area contributed by atoms with E-state index in [1.165, 1.54) is 25.7 Å². The molecular formula is C9H15NO2. The number of nitrogens with two attached hydrogens (primary N) is 1. The smallest absolute Gasteiger partial charge is 0.320 e. The lowest BCUT2D eigenvalue weighted by Gasteiger charge is -2.21. The van der Waals surface area contributed by atoms with E-state index in [9.17, 15) is 4.79 Å². The van der Waals surface area contributed by atoms with Crippen LogP contribution in [0.4, 0.5) is 0 Å². The van der Waals surface area contributed by atoms with Crippen LogP contribution in [0.15, 0.2) is 0 Å². The number of hydrogen-bond donors (Lipinski definition) is 2. The van der Waals surface area contributed by atoms with Crippen molar-refractivity contribution in [3.63, 3.8) is 0 Å². The molecule has 2 atom stereocenters. The number of carboxylic acid groups (broad SMARTS) is 1. The van der Waals surface area contributed by atoms with Crippen LogP contribution in [0.1, 0.15) is 32.1 Å². The predicted octanol–water partition coefficient (Wildman–Crippen LogP) is 0.979. The summed E-state index contributed by atoms with van der Waals surface area (Å²) < 4.78 is 0. The summed E-state index contributed by atoms with van der Waals surface area (Å²) in [6, 6.07) is -0.616. The molecular weight excluding hydrogens is 154 g/mol. The van der Waals surface area contributed by atoms with Gasteiger partial charge >= 0.3 is 5.97 Å². The van der Waals surface area contributed by atoms with Crippen molar-refractivity contribution < 1.29 is 9.90 Å². The summed E-state index contributed by atoms with van der Waals surface area (Å²) in [7, 11) is 0. The molecule has 68 valence electrons. The molecule has 0 aromatic heterocycles. The van der Waals surface area contributed by atoms with Gasteiger partial charge in [0, 0.05) is 0 Å². The van der Waals surface area contributed by atoms with Gasteiger partial charge in [-0.25, -0.2) is 0 Å². The summed E-state index contributed by atoms with van der Waals surface area (Å²) >= 11 is 0. The van der Waals surface area contributed by atoms with Crippen LogP contribution in [0.3, 0.4) is 0 Å². The van der Waals surface area contributed by atoms with E-state index in [1.807, 2.05) is 0 Å². The molecule has 3 nitrogen and oxygen atoms in total. The van der Waals surface area contributed by atoms with Gasteiger partial charge < -0.3 is 10.8 Å². The molecule has 3 heteroatoms. The second kappa shape index (κ2) is 2.46. The van der Waals surface area contributed by atoms with Crippen molar-refractivity contribution in [1.29, 1.82) is 0 Å². The van der Waals surface area contributed by atoms with Crippen molar-refractivity contribution in [2.75, 3.05) is 0 Å². The van der Waals surface area contributed by atoms with E-state index in [1.54, 1.807) is 0 Å². The summed E-state index contributed by atoms with van der Waals surface area (Å²) in [5.74, 6) is -0.567. The summed E-state index contributed by atoms with van der Waals surface area (Å²) in [4.78, 5) is 10.7. The predicted molar refractivity (Wildman–Crippen MR) is 44.6 cm³/mol. The van der Waals surface area contributed by atoms with Gasteiger partial charge in [-0.05, 0) is 37.0 Å². The van der Waals surface area contributed by atoms with Gasteiger partial charge in [0.15, 0.2) is 0 Å². The van der Waals surface area contributed by atoms with Crippen LogP contribution in [0.2, 0.25) is 0 Å². The third-order valence-corrected chi connectivity index (χ3v) is 3.59. The average Bonchev–Trinajstić information content (AvgIpc) is 2.62. The van der Waals surface area contributed by atoms with E-state index in [2.05, 4.69) is 0 Å². The maximum Gasteiger partial charge on any atom is 0.320 e. The minimum atomic E-state index is -0.826.